The molecule has 2 bridgehead atoms. The van der Waals surface area contributed by atoms with E-state index in [0.29, 0.717) is 17.2 Å². The predicted molar refractivity (Wildman–Crippen MR) is 90.7 cm³/mol. The van der Waals surface area contributed by atoms with Crippen molar-refractivity contribution < 1.29 is 4.39 Å². The Balaban J connectivity index is 2.06. The first kappa shape index (κ1) is 15.1. The van der Waals surface area contributed by atoms with Crippen LogP contribution in [0.4, 0.5) is 10.2 Å². The van der Waals surface area contributed by atoms with Crippen LogP contribution in [0.2, 0.25) is 0 Å². The number of hydrogen-bond donors (Lipinski definition) is 1. The van der Waals surface area contributed by atoms with E-state index in [4.69, 9.17) is 5.73 Å². The van der Waals surface area contributed by atoms with Crippen LogP contribution in [0.15, 0.2) is 18.2 Å². The van der Waals surface area contributed by atoms with Gasteiger partial charge in [0, 0.05) is 35.3 Å². The number of nitrogen functional groups attached to an aromatic ring is 1. The number of aromatic nitrogens is 1. The molecule has 4 nitrogen and oxygen atoms in total. The summed E-state index contributed by atoms with van der Waals surface area (Å²) in [5.41, 5.74) is 10.8. The van der Waals surface area contributed by atoms with Crippen molar-refractivity contribution in [3.8, 4) is 17.2 Å². The fraction of sp³-hybridized carbons (Fsp3) is 0.368. The molecule has 0 saturated carbocycles. The molecule has 0 aliphatic carbocycles. The van der Waals surface area contributed by atoms with Crippen LogP contribution in [0.1, 0.15) is 41.3 Å². The van der Waals surface area contributed by atoms with Crippen LogP contribution in [-0.2, 0) is 6.42 Å². The first-order chi connectivity index (χ1) is 11.5. The Morgan fingerprint density at radius 3 is 2.83 bits per heavy atom. The van der Waals surface area contributed by atoms with Crippen LogP contribution in [0.5, 0.6) is 0 Å². The lowest BCUT2D eigenvalue weighted by Gasteiger charge is -2.34. The Morgan fingerprint density at radius 1 is 1.33 bits per heavy atom. The number of halogens is 1. The fourth-order valence-corrected chi connectivity index (χ4v) is 4.31. The number of anilines is 1. The molecular formula is C19H19FN4. The second-order valence-electron chi connectivity index (χ2n) is 6.85. The van der Waals surface area contributed by atoms with Gasteiger partial charge in [-0.2, -0.15) is 5.26 Å². The lowest BCUT2D eigenvalue weighted by Crippen LogP contribution is -2.35. The third-order valence-electron chi connectivity index (χ3n) is 5.39. The largest absolute Gasteiger partial charge is 0.383 e. The number of rotatable bonds is 1. The summed E-state index contributed by atoms with van der Waals surface area (Å²) in [6, 6.07) is 7.79. The highest BCUT2D eigenvalue weighted by Gasteiger charge is 2.41. The van der Waals surface area contributed by atoms with Gasteiger partial charge in [-0.15, -0.1) is 0 Å². The molecule has 3 heterocycles. The number of nitriles is 1. The monoisotopic (exact) mass is 322 g/mol. The van der Waals surface area contributed by atoms with E-state index in [0.717, 1.165) is 41.6 Å². The summed E-state index contributed by atoms with van der Waals surface area (Å²) in [6.07, 6.45) is 2.98. The average Bonchev–Trinajstić information content (AvgIpc) is 2.76. The molecule has 1 saturated heterocycles. The first-order valence-electron chi connectivity index (χ1n) is 8.21. The minimum absolute atomic E-state index is 0.220. The lowest BCUT2D eigenvalue weighted by atomic mass is 9.86. The van der Waals surface area contributed by atoms with E-state index in [1.165, 1.54) is 12.1 Å². The molecule has 2 aromatic rings. The van der Waals surface area contributed by atoms with Crippen molar-refractivity contribution >= 4 is 5.82 Å². The molecule has 2 N–H and O–H groups in total. The highest BCUT2D eigenvalue weighted by atomic mass is 19.1. The molecule has 2 atom stereocenters. The lowest BCUT2D eigenvalue weighted by molar-refractivity contribution is 0.222. The van der Waals surface area contributed by atoms with Crippen molar-refractivity contribution in [3.05, 3.63) is 46.4 Å². The average molecular weight is 322 g/mol. The van der Waals surface area contributed by atoms with Gasteiger partial charge in [0.25, 0.3) is 0 Å². The predicted octanol–water partition coefficient (Wildman–Crippen LogP) is 3.34. The molecular weight excluding hydrogens is 303 g/mol. The Kier molecular flexibility index (Phi) is 3.33. The Labute approximate surface area is 140 Å². The van der Waals surface area contributed by atoms with Crippen molar-refractivity contribution in [2.45, 2.75) is 38.3 Å². The maximum absolute atomic E-state index is 14.0. The number of pyridine rings is 1. The van der Waals surface area contributed by atoms with Crippen LogP contribution < -0.4 is 5.73 Å². The zero-order chi connectivity index (χ0) is 17.0. The molecule has 2 aliphatic rings. The van der Waals surface area contributed by atoms with Gasteiger partial charge in [0.05, 0.1) is 0 Å². The van der Waals surface area contributed by atoms with Crippen molar-refractivity contribution in [1.29, 1.82) is 5.26 Å². The Morgan fingerprint density at radius 2 is 2.12 bits per heavy atom. The van der Waals surface area contributed by atoms with Gasteiger partial charge in [-0.3, -0.25) is 4.90 Å². The molecule has 1 aromatic heterocycles. The minimum Gasteiger partial charge on any atom is -0.383 e. The normalized spacial score (nSPS) is 22.2. The van der Waals surface area contributed by atoms with Crippen molar-refractivity contribution in [2.24, 2.45) is 0 Å². The molecule has 24 heavy (non-hydrogen) atoms. The highest BCUT2D eigenvalue weighted by molar-refractivity contribution is 5.80. The van der Waals surface area contributed by atoms with Gasteiger partial charge in [-0.1, -0.05) is 6.07 Å². The molecule has 0 amide bonds. The summed E-state index contributed by atoms with van der Waals surface area (Å²) in [7, 11) is 2.12. The Bertz CT molecular complexity index is 864. The highest BCUT2D eigenvalue weighted by Crippen LogP contribution is 2.47. The molecule has 4 rings (SSSR count). The van der Waals surface area contributed by atoms with Crippen LogP contribution in [0, 0.1) is 24.1 Å². The number of benzene rings is 1. The van der Waals surface area contributed by atoms with Gasteiger partial charge >= 0.3 is 0 Å². The summed E-state index contributed by atoms with van der Waals surface area (Å²) in [6.45, 7) is 1.85. The quantitative estimate of drug-likeness (QED) is 0.874. The van der Waals surface area contributed by atoms with Crippen molar-refractivity contribution in [1.82, 2.24) is 9.88 Å². The zero-order valence-electron chi connectivity index (χ0n) is 13.8. The number of nitrogens with two attached hydrogens (primary N) is 1. The molecule has 1 aromatic carbocycles. The molecule has 0 unspecified atom stereocenters. The number of likely N-dealkylation sites (N-methyl/N-ethyl adjacent to an activating group) is 1. The summed E-state index contributed by atoms with van der Waals surface area (Å²) in [4.78, 5) is 6.88. The minimum atomic E-state index is -0.300. The van der Waals surface area contributed by atoms with Gasteiger partial charge < -0.3 is 5.73 Å². The SMILES string of the molecule is Cc1cc(F)cc(-c2c(C#N)c(N)nc3c2[C@H]2CC[C@@H](C3)N2C)c1. The number of fused-ring (bicyclic) bond motifs is 4. The fourth-order valence-electron chi connectivity index (χ4n) is 4.31. The van der Waals surface area contributed by atoms with Crippen LogP contribution in [0.3, 0.4) is 0 Å². The smallest absolute Gasteiger partial charge is 0.142 e. The maximum atomic E-state index is 14.0. The third kappa shape index (κ3) is 2.10. The van der Waals surface area contributed by atoms with Crippen LogP contribution in [0.25, 0.3) is 11.1 Å². The van der Waals surface area contributed by atoms with Gasteiger partial charge in [0.2, 0.25) is 0 Å². The van der Waals surface area contributed by atoms with E-state index in [-0.39, 0.29) is 17.7 Å². The second-order valence-corrected chi connectivity index (χ2v) is 6.85. The third-order valence-corrected chi connectivity index (χ3v) is 5.39. The summed E-state index contributed by atoms with van der Waals surface area (Å²) >= 11 is 0. The van der Waals surface area contributed by atoms with Gasteiger partial charge in [0.1, 0.15) is 23.3 Å². The molecule has 0 spiro atoms. The van der Waals surface area contributed by atoms with E-state index >= 15 is 0 Å². The van der Waals surface area contributed by atoms with E-state index in [2.05, 4.69) is 23.0 Å². The molecule has 1 fully saturated rings. The zero-order valence-corrected chi connectivity index (χ0v) is 13.8. The molecule has 122 valence electrons. The standard InChI is InChI=1S/C19H19FN4/c1-10-5-11(7-12(20)6-10)17-14(9-21)19(22)23-15-8-13-3-4-16(18(15)17)24(13)2/h5-7,13,16H,3-4,8H2,1-2H3,(H2,22,23)/t13-,16+/m0/s1. The van der Waals surface area contributed by atoms with Crippen molar-refractivity contribution in [2.75, 3.05) is 12.8 Å². The van der Waals surface area contributed by atoms with Crippen LogP contribution in [-0.4, -0.2) is 23.0 Å². The topological polar surface area (TPSA) is 65.9 Å². The van der Waals surface area contributed by atoms with Gasteiger partial charge in [-0.05, 0) is 50.1 Å². The Hall–Kier alpha value is -2.45. The van der Waals surface area contributed by atoms with Gasteiger partial charge in [0.15, 0.2) is 0 Å². The molecule has 5 heteroatoms. The summed E-state index contributed by atoms with van der Waals surface area (Å²) < 4.78 is 14.0. The first-order valence-corrected chi connectivity index (χ1v) is 8.21. The number of hydrogen-bond acceptors (Lipinski definition) is 4. The molecule has 0 radical (unpaired) electrons. The summed E-state index contributed by atoms with van der Waals surface area (Å²) in [5.74, 6) is -0.0522. The van der Waals surface area contributed by atoms with E-state index in [1.54, 1.807) is 0 Å². The maximum Gasteiger partial charge on any atom is 0.142 e. The summed E-state index contributed by atoms with van der Waals surface area (Å²) in [5, 5.41) is 9.66. The van der Waals surface area contributed by atoms with Crippen LogP contribution >= 0.6 is 0 Å². The number of aryl methyl sites for hydroxylation is 1. The molecule has 2 aliphatic heterocycles. The second kappa shape index (κ2) is 5.29. The van der Waals surface area contributed by atoms with Gasteiger partial charge in [-0.25, -0.2) is 9.37 Å². The van der Waals surface area contributed by atoms with E-state index < -0.39 is 0 Å². The number of nitrogens with zero attached hydrogens (tertiary/aromatic N) is 3. The van der Waals surface area contributed by atoms with E-state index in [9.17, 15) is 9.65 Å². The van der Waals surface area contributed by atoms with Crippen molar-refractivity contribution in [3.63, 3.8) is 0 Å². The van der Waals surface area contributed by atoms with E-state index in [1.807, 2.05) is 13.0 Å².